The molecule has 0 bridgehead atoms. The number of alkyl halides is 3. The van der Waals surface area contributed by atoms with Gasteiger partial charge < -0.3 is 14.8 Å². The van der Waals surface area contributed by atoms with Gasteiger partial charge in [-0.2, -0.15) is 0 Å². The SMILES string of the molecule is CCONC(=O)/C(=C/c1ccc(OC(F)(F)F)cc1)NC(=O)c1ccc(OC(C)C)cc1. The molecule has 32 heavy (non-hydrogen) atoms. The minimum absolute atomic E-state index is 0.0283. The van der Waals surface area contributed by atoms with Gasteiger partial charge in [-0.15, -0.1) is 13.2 Å². The standard InChI is InChI=1S/C22H23F3N2O5/c1-4-30-27-21(29)19(13-15-5-9-18(10-6-15)32-22(23,24)25)26-20(28)16-7-11-17(12-8-16)31-14(2)3/h5-14H,4H2,1-3H3,(H,26,28)(H,27,29)/b19-13-. The van der Waals surface area contributed by atoms with E-state index in [0.717, 1.165) is 12.1 Å². The molecule has 0 radical (unpaired) electrons. The molecule has 0 atom stereocenters. The van der Waals surface area contributed by atoms with Crippen molar-refractivity contribution < 1.29 is 37.1 Å². The van der Waals surface area contributed by atoms with E-state index in [9.17, 15) is 22.8 Å². The van der Waals surface area contributed by atoms with Gasteiger partial charge in [-0.25, -0.2) is 5.48 Å². The van der Waals surface area contributed by atoms with Crippen molar-refractivity contribution in [3.63, 3.8) is 0 Å². The highest BCUT2D eigenvalue weighted by molar-refractivity contribution is 6.05. The molecule has 10 heteroatoms. The third kappa shape index (κ3) is 8.31. The second kappa shape index (κ2) is 11.2. The molecule has 0 aliphatic carbocycles. The molecule has 0 saturated heterocycles. The fourth-order valence-electron chi connectivity index (χ4n) is 2.44. The van der Waals surface area contributed by atoms with Gasteiger partial charge in [-0.1, -0.05) is 12.1 Å². The maximum absolute atomic E-state index is 12.6. The van der Waals surface area contributed by atoms with Crippen LogP contribution in [0, 0.1) is 0 Å². The normalized spacial score (nSPS) is 11.8. The minimum Gasteiger partial charge on any atom is -0.491 e. The number of hydroxylamine groups is 1. The number of rotatable bonds is 9. The predicted molar refractivity (Wildman–Crippen MR) is 111 cm³/mol. The van der Waals surface area contributed by atoms with Crippen LogP contribution in [-0.4, -0.2) is 30.9 Å². The summed E-state index contributed by atoms with van der Waals surface area (Å²) in [7, 11) is 0. The highest BCUT2D eigenvalue weighted by atomic mass is 19.4. The van der Waals surface area contributed by atoms with E-state index < -0.39 is 23.9 Å². The third-order valence-corrected chi connectivity index (χ3v) is 3.72. The Bertz CT molecular complexity index is 940. The van der Waals surface area contributed by atoms with Gasteiger partial charge in [0.15, 0.2) is 0 Å². The van der Waals surface area contributed by atoms with Gasteiger partial charge >= 0.3 is 6.36 Å². The summed E-state index contributed by atoms with van der Waals surface area (Å²) in [4.78, 5) is 29.9. The van der Waals surface area contributed by atoms with Crippen molar-refractivity contribution in [3.05, 3.63) is 65.4 Å². The number of nitrogens with one attached hydrogen (secondary N) is 2. The first kappa shape index (κ1) is 24.7. The fraction of sp³-hybridized carbons (Fsp3) is 0.273. The van der Waals surface area contributed by atoms with E-state index in [4.69, 9.17) is 9.57 Å². The zero-order chi connectivity index (χ0) is 23.7. The zero-order valence-corrected chi connectivity index (χ0v) is 17.7. The van der Waals surface area contributed by atoms with E-state index in [1.54, 1.807) is 19.1 Å². The van der Waals surface area contributed by atoms with E-state index in [2.05, 4.69) is 15.5 Å². The maximum Gasteiger partial charge on any atom is 0.573 e. The predicted octanol–water partition coefficient (Wildman–Crippen LogP) is 4.21. The minimum atomic E-state index is -4.82. The lowest BCUT2D eigenvalue weighted by Gasteiger charge is -2.12. The summed E-state index contributed by atoms with van der Waals surface area (Å²) >= 11 is 0. The first-order valence-electron chi connectivity index (χ1n) is 9.65. The Morgan fingerprint density at radius 1 is 1.00 bits per heavy atom. The molecular weight excluding hydrogens is 429 g/mol. The number of carbonyl (C=O) groups is 2. The lowest BCUT2D eigenvalue weighted by atomic mass is 10.1. The van der Waals surface area contributed by atoms with E-state index in [1.807, 2.05) is 13.8 Å². The van der Waals surface area contributed by atoms with Crippen molar-refractivity contribution in [1.82, 2.24) is 10.8 Å². The quantitative estimate of drug-likeness (QED) is 0.440. The zero-order valence-electron chi connectivity index (χ0n) is 17.7. The summed E-state index contributed by atoms with van der Waals surface area (Å²) in [5, 5.41) is 2.48. The molecule has 2 aromatic rings. The van der Waals surface area contributed by atoms with Crippen molar-refractivity contribution in [2.75, 3.05) is 6.61 Å². The molecule has 2 amide bonds. The number of ether oxygens (including phenoxy) is 2. The van der Waals surface area contributed by atoms with Crippen LogP contribution < -0.4 is 20.3 Å². The van der Waals surface area contributed by atoms with Crippen LogP contribution in [0.25, 0.3) is 6.08 Å². The first-order chi connectivity index (χ1) is 15.1. The number of carbonyl (C=O) groups excluding carboxylic acids is 2. The van der Waals surface area contributed by atoms with E-state index in [1.165, 1.54) is 30.3 Å². The van der Waals surface area contributed by atoms with Crippen LogP contribution >= 0.6 is 0 Å². The van der Waals surface area contributed by atoms with Gasteiger partial charge in [-0.05, 0) is 68.8 Å². The number of amides is 2. The summed E-state index contributed by atoms with van der Waals surface area (Å²) in [6.07, 6.45) is -3.55. The lowest BCUT2D eigenvalue weighted by molar-refractivity contribution is -0.274. The molecule has 0 saturated carbocycles. The first-order valence-corrected chi connectivity index (χ1v) is 9.65. The average molecular weight is 452 g/mol. The van der Waals surface area contributed by atoms with Gasteiger partial charge in [-0.3, -0.25) is 14.4 Å². The summed E-state index contributed by atoms with van der Waals surface area (Å²) in [6, 6.07) is 11.1. The Hall–Kier alpha value is -3.53. The second-order valence-corrected chi connectivity index (χ2v) is 6.68. The van der Waals surface area contributed by atoms with Crippen LogP contribution in [0.1, 0.15) is 36.7 Å². The van der Waals surface area contributed by atoms with Gasteiger partial charge in [0.05, 0.1) is 12.7 Å². The Morgan fingerprint density at radius 2 is 1.59 bits per heavy atom. The van der Waals surface area contributed by atoms with Crippen molar-refractivity contribution in [3.8, 4) is 11.5 Å². The topological polar surface area (TPSA) is 85.9 Å². The lowest BCUT2D eigenvalue weighted by Crippen LogP contribution is -2.35. The highest BCUT2D eigenvalue weighted by Gasteiger charge is 2.30. The summed E-state index contributed by atoms with van der Waals surface area (Å²) in [5.74, 6) is -1.14. The molecule has 2 N–H and O–H groups in total. The number of hydrogen-bond donors (Lipinski definition) is 2. The Kier molecular flexibility index (Phi) is 8.65. The van der Waals surface area contributed by atoms with Crippen LogP contribution in [0.3, 0.4) is 0 Å². The smallest absolute Gasteiger partial charge is 0.491 e. The average Bonchev–Trinajstić information content (AvgIpc) is 2.71. The van der Waals surface area contributed by atoms with Gasteiger partial charge in [0.2, 0.25) is 0 Å². The van der Waals surface area contributed by atoms with Gasteiger partial charge in [0, 0.05) is 5.56 Å². The van der Waals surface area contributed by atoms with Crippen molar-refractivity contribution in [2.45, 2.75) is 33.2 Å². The molecule has 172 valence electrons. The second-order valence-electron chi connectivity index (χ2n) is 6.68. The van der Waals surface area contributed by atoms with Crippen LogP contribution in [-0.2, 0) is 9.63 Å². The number of hydrogen-bond acceptors (Lipinski definition) is 5. The molecular formula is C22H23F3N2O5. The molecule has 7 nitrogen and oxygen atoms in total. The van der Waals surface area contributed by atoms with Crippen LogP contribution in [0.15, 0.2) is 54.2 Å². The number of halogens is 3. The van der Waals surface area contributed by atoms with Crippen molar-refractivity contribution in [1.29, 1.82) is 0 Å². The number of benzene rings is 2. The van der Waals surface area contributed by atoms with Crippen LogP contribution in [0.2, 0.25) is 0 Å². The molecule has 2 rings (SSSR count). The third-order valence-electron chi connectivity index (χ3n) is 3.72. The Balaban J connectivity index is 2.21. The maximum atomic E-state index is 12.6. The largest absolute Gasteiger partial charge is 0.573 e. The molecule has 0 fully saturated rings. The molecule has 2 aromatic carbocycles. The molecule has 0 heterocycles. The molecule has 0 aliphatic heterocycles. The van der Waals surface area contributed by atoms with Crippen LogP contribution in [0.5, 0.6) is 11.5 Å². The Morgan fingerprint density at radius 3 is 2.12 bits per heavy atom. The summed E-state index contributed by atoms with van der Waals surface area (Å²) in [6.45, 7) is 5.59. The van der Waals surface area contributed by atoms with Crippen LogP contribution in [0.4, 0.5) is 13.2 Å². The monoisotopic (exact) mass is 452 g/mol. The molecule has 0 aliphatic rings. The van der Waals surface area contributed by atoms with Crippen molar-refractivity contribution in [2.24, 2.45) is 0 Å². The Labute approximate surface area is 183 Å². The van der Waals surface area contributed by atoms with E-state index >= 15 is 0 Å². The molecule has 0 aromatic heterocycles. The van der Waals surface area contributed by atoms with Crippen molar-refractivity contribution >= 4 is 17.9 Å². The molecule has 0 spiro atoms. The molecule has 0 unspecified atom stereocenters. The van der Waals surface area contributed by atoms with Gasteiger partial charge in [0.1, 0.15) is 17.2 Å². The summed E-state index contributed by atoms with van der Waals surface area (Å²) in [5.41, 5.74) is 2.61. The summed E-state index contributed by atoms with van der Waals surface area (Å²) < 4.78 is 46.3. The van der Waals surface area contributed by atoms with E-state index in [0.29, 0.717) is 11.3 Å². The van der Waals surface area contributed by atoms with E-state index in [-0.39, 0.29) is 24.0 Å². The fourth-order valence-corrected chi connectivity index (χ4v) is 2.44. The van der Waals surface area contributed by atoms with Gasteiger partial charge in [0.25, 0.3) is 11.8 Å². The highest BCUT2D eigenvalue weighted by Crippen LogP contribution is 2.23.